The maximum Gasteiger partial charge on any atom is 0.303 e. The van der Waals surface area contributed by atoms with Gasteiger partial charge in [-0.15, -0.1) is 0 Å². The van der Waals surface area contributed by atoms with Gasteiger partial charge in [-0.25, -0.2) is 0 Å². The Morgan fingerprint density at radius 1 is 0.733 bits per heavy atom. The van der Waals surface area contributed by atoms with Gasteiger partial charge in [0.1, 0.15) is 0 Å². The van der Waals surface area contributed by atoms with Crippen molar-refractivity contribution in [3.05, 3.63) is 12.2 Å². The Morgan fingerprint density at radius 3 is 1.40 bits per heavy atom. The van der Waals surface area contributed by atoms with Crippen LogP contribution in [-0.2, 0) is 9.59 Å². The Hall–Kier alpha value is -1.36. The van der Waals surface area contributed by atoms with Gasteiger partial charge in [-0.1, -0.05) is 97.5 Å². The molecule has 0 bridgehead atoms. The number of carboxylic acid groups (broad SMARTS) is 1. The minimum Gasteiger partial charge on any atom is -0.481 e. The monoisotopic (exact) mass is 428 g/mol. The molecule has 0 fully saturated rings. The number of hydrogen-bond acceptors (Lipinski definition) is 3. The van der Waals surface area contributed by atoms with Crippen LogP contribution in [0.3, 0.4) is 0 Å². The van der Waals surface area contributed by atoms with Crippen molar-refractivity contribution in [3.8, 4) is 0 Å². The molecule has 1 amide bonds. The molecule has 0 rings (SSSR count). The van der Waals surface area contributed by atoms with E-state index >= 15 is 0 Å². The lowest BCUT2D eigenvalue weighted by atomic mass is 10.0. The number of carbonyl (C=O) groups is 2. The quantitative estimate of drug-likeness (QED) is 0.183. The van der Waals surface area contributed by atoms with Crippen molar-refractivity contribution < 1.29 is 14.7 Å². The Kier molecular flexibility index (Phi) is 33.1. The van der Waals surface area contributed by atoms with E-state index in [0.29, 0.717) is 12.0 Å². The number of carboxylic acids is 1. The summed E-state index contributed by atoms with van der Waals surface area (Å²) < 4.78 is 0. The maximum atomic E-state index is 10.7. The molecule has 0 heterocycles. The van der Waals surface area contributed by atoms with Gasteiger partial charge in [-0.05, 0) is 33.9 Å². The van der Waals surface area contributed by atoms with E-state index in [1.807, 2.05) is 21.0 Å². The SMILES string of the molecule is C=C(C)C(=O)NCCC.CCCCCCCCCCCCCCCC(=O)O.CNC. The molecule has 0 saturated carbocycles. The lowest BCUT2D eigenvalue weighted by Gasteiger charge is -2.02. The van der Waals surface area contributed by atoms with Gasteiger partial charge >= 0.3 is 5.97 Å². The average Bonchev–Trinajstić information content (AvgIpc) is 2.70. The molecular formula is C25H52N2O3. The van der Waals surface area contributed by atoms with Crippen molar-refractivity contribution in [1.29, 1.82) is 0 Å². The third-order valence-corrected chi connectivity index (χ3v) is 4.42. The van der Waals surface area contributed by atoms with Gasteiger partial charge in [-0.2, -0.15) is 0 Å². The first-order valence-corrected chi connectivity index (χ1v) is 12.1. The summed E-state index contributed by atoms with van der Waals surface area (Å²) in [4.78, 5) is 21.0. The molecule has 0 aliphatic carbocycles. The van der Waals surface area contributed by atoms with Crippen LogP contribution in [0.1, 0.15) is 117 Å². The number of rotatable bonds is 17. The summed E-state index contributed by atoms with van der Waals surface area (Å²) in [7, 11) is 3.75. The smallest absolute Gasteiger partial charge is 0.303 e. The Morgan fingerprint density at radius 2 is 1.10 bits per heavy atom. The second-order valence-electron chi connectivity index (χ2n) is 7.92. The highest BCUT2D eigenvalue weighted by molar-refractivity contribution is 5.91. The molecule has 0 radical (unpaired) electrons. The summed E-state index contributed by atoms with van der Waals surface area (Å²) in [5.74, 6) is -0.699. The fourth-order valence-corrected chi connectivity index (χ4v) is 2.68. The summed E-state index contributed by atoms with van der Waals surface area (Å²) in [5, 5.41) is 13.9. The summed E-state index contributed by atoms with van der Waals surface area (Å²) in [6.45, 7) is 10.2. The predicted octanol–water partition coefficient (Wildman–Crippen LogP) is 6.48. The van der Waals surface area contributed by atoms with Crippen LogP contribution >= 0.6 is 0 Å². The second-order valence-corrected chi connectivity index (χ2v) is 7.92. The topological polar surface area (TPSA) is 78.4 Å². The van der Waals surface area contributed by atoms with Gasteiger partial charge in [0.15, 0.2) is 0 Å². The van der Waals surface area contributed by atoms with Crippen LogP contribution in [0.2, 0.25) is 0 Å². The molecule has 0 saturated heterocycles. The summed E-state index contributed by atoms with van der Waals surface area (Å²) >= 11 is 0. The first kappa shape index (κ1) is 33.3. The lowest BCUT2D eigenvalue weighted by Crippen LogP contribution is -2.24. The van der Waals surface area contributed by atoms with Crippen LogP contribution in [0.5, 0.6) is 0 Å². The van der Waals surface area contributed by atoms with Crippen LogP contribution in [0.25, 0.3) is 0 Å². The second kappa shape index (κ2) is 29.8. The van der Waals surface area contributed by atoms with Crippen LogP contribution < -0.4 is 10.6 Å². The van der Waals surface area contributed by atoms with Gasteiger partial charge in [-0.3, -0.25) is 9.59 Å². The van der Waals surface area contributed by atoms with Crippen molar-refractivity contribution in [1.82, 2.24) is 10.6 Å². The third kappa shape index (κ3) is 37.4. The fourth-order valence-electron chi connectivity index (χ4n) is 2.68. The number of aliphatic carboxylic acids is 1. The van der Waals surface area contributed by atoms with Gasteiger partial charge < -0.3 is 15.7 Å². The molecule has 0 aliphatic heterocycles. The Labute approximate surface area is 187 Å². The molecule has 180 valence electrons. The van der Waals surface area contributed by atoms with E-state index in [1.165, 1.54) is 70.6 Å². The first-order chi connectivity index (χ1) is 14.4. The molecule has 0 aromatic heterocycles. The number of hydrogen-bond donors (Lipinski definition) is 3. The van der Waals surface area contributed by atoms with E-state index in [-0.39, 0.29) is 5.91 Å². The van der Waals surface area contributed by atoms with Crippen LogP contribution in [0.15, 0.2) is 12.2 Å². The number of unbranched alkanes of at least 4 members (excludes halogenated alkanes) is 12. The molecular weight excluding hydrogens is 376 g/mol. The van der Waals surface area contributed by atoms with Gasteiger partial charge in [0.05, 0.1) is 0 Å². The van der Waals surface area contributed by atoms with E-state index in [0.717, 1.165) is 25.8 Å². The number of amides is 1. The first-order valence-electron chi connectivity index (χ1n) is 12.1. The van der Waals surface area contributed by atoms with Crippen LogP contribution in [0, 0.1) is 0 Å². The summed E-state index contributed by atoms with van der Waals surface area (Å²) in [6, 6.07) is 0. The highest BCUT2D eigenvalue weighted by Crippen LogP contribution is 2.12. The standard InChI is InChI=1S/C16H32O2.C7H13NO.C2H7N/c1-2-3-4-5-6-7-8-9-10-11-12-13-14-15-16(17)18;1-4-5-8-7(9)6(2)3;1-3-2/h2-15H2,1H3,(H,17,18);2,4-5H2,1,3H3,(H,8,9);3H,1-2H3. The largest absolute Gasteiger partial charge is 0.481 e. The minimum atomic E-state index is -0.655. The zero-order valence-electron chi connectivity index (χ0n) is 20.8. The van der Waals surface area contributed by atoms with Crippen molar-refractivity contribution in [2.24, 2.45) is 0 Å². The van der Waals surface area contributed by atoms with Gasteiger partial charge in [0.2, 0.25) is 5.91 Å². The Bertz CT molecular complexity index is 385. The summed E-state index contributed by atoms with van der Waals surface area (Å²) in [5.41, 5.74) is 0.573. The highest BCUT2D eigenvalue weighted by Gasteiger charge is 1.97. The summed E-state index contributed by atoms with van der Waals surface area (Å²) in [6.07, 6.45) is 18.2. The molecule has 5 heteroatoms. The lowest BCUT2D eigenvalue weighted by molar-refractivity contribution is -0.137. The molecule has 30 heavy (non-hydrogen) atoms. The van der Waals surface area contributed by atoms with Crippen molar-refractivity contribution in [2.45, 2.75) is 117 Å². The highest BCUT2D eigenvalue weighted by atomic mass is 16.4. The molecule has 0 spiro atoms. The van der Waals surface area contributed by atoms with E-state index in [2.05, 4.69) is 24.1 Å². The number of carbonyl (C=O) groups excluding carboxylic acids is 1. The predicted molar refractivity (Wildman–Crippen MR) is 131 cm³/mol. The van der Waals surface area contributed by atoms with Crippen molar-refractivity contribution in [3.63, 3.8) is 0 Å². The molecule has 3 N–H and O–H groups in total. The van der Waals surface area contributed by atoms with Gasteiger partial charge in [0, 0.05) is 18.5 Å². The average molecular weight is 429 g/mol. The normalized spacial score (nSPS) is 9.63. The zero-order valence-corrected chi connectivity index (χ0v) is 20.8. The van der Waals surface area contributed by atoms with Crippen LogP contribution in [-0.4, -0.2) is 37.6 Å². The third-order valence-electron chi connectivity index (χ3n) is 4.42. The Balaban J connectivity index is -0.000000505. The molecule has 5 nitrogen and oxygen atoms in total. The molecule has 0 atom stereocenters. The fraction of sp³-hybridized carbons (Fsp3) is 0.840. The van der Waals surface area contributed by atoms with E-state index in [4.69, 9.17) is 5.11 Å². The van der Waals surface area contributed by atoms with Gasteiger partial charge in [0.25, 0.3) is 0 Å². The van der Waals surface area contributed by atoms with E-state index in [9.17, 15) is 9.59 Å². The molecule has 0 aromatic rings. The molecule has 0 unspecified atom stereocenters. The maximum absolute atomic E-state index is 10.7. The van der Waals surface area contributed by atoms with Crippen molar-refractivity contribution >= 4 is 11.9 Å². The molecule has 0 aliphatic rings. The zero-order chi connectivity index (χ0) is 23.5. The van der Waals surface area contributed by atoms with Crippen LogP contribution in [0.4, 0.5) is 0 Å². The molecule has 0 aromatic carbocycles. The van der Waals surface area contributed by atoms with E-state index < -0.39 is 5.97 Å². The van der Waals surface area contributed by atoms with E-state index in [1.54, 1.807) is 6.92 Å². The van der Waals surface area contributed by atoms with Crippen molar-refractivity contribution in [2.75, 3.05) is 20.6 Å². The minimum absolute atomic E-state index is 0.0446. The number of nitrogens with one attached hydrogen (secondary N) is 2.